The number of carboxylic acid groups (broad SMARTS) is 1. The van der Waals surface area contributed by atoms with Crippen molar-refractivity contribution in [2.24, 2.45) is 17.8 Å². The fraction of sp³-hybridized carbons (Fsp3) is 0.688. The molecule has 2 N–H and O–H groups in total. The van der Waals surface area contributed by atoms with Crippen LogP contribution in [0.25, 0.3) is 0 Å². The lowest BCUT2D eigenvalue weighted by Gasteiger charge is -2.19. The van der Waals surface area contributed by atoms with Crippen LogP contribution in [-0.2, 0) is 4.79 Å². The number of rotatable bonds is 3. The van der Waals surface area contributed by atoms with E-state index in [1.807, 2.05) is 0 Å². The number of carbonyl (C=O) groups excluding carboxylic acids is 1. The number of urea groups is 1. The molecule has 1 aromatic heterocycles. The number of aliphatic carboxylic acids is 1. The number of carboxylic acids is 1. The molecule has 7 heteroatoms. The Morgan fingerprint density at radius 3 is 2.83 bits per heavy atom. The van der Waals surface area contributed by atoms with E-state index >= 15 is 0 Å². The highest BCUT2D eigenvalue weighted by Crippen LogP contribution is 2.52. The number of carbonyl (C=O) groups is 2. The molecule has 2 saturated carbocycles. The SMILES string of the molecule is O=C(O)C1CCN(C(=O)Nc2nc(C3CC4CCC3C4)cs2)C1. The van der Waals surface area contributed by atoms with Gasteiger partial charge in [-0.1, -0.05) is 6.42 Å². The van der Waals surface area contributed by atoms with Gasteiger partial charge in [0.1, 0.15) is 0 Å². The molecule has 0 spiro atoms. The number of nitrogens with one attached hydrogen (secondary N) is 1. The number of thiazole rings is 1. The summed E-state index contributed by atoms with van der Waals surface area (Å²) in [5, 5.41) is 14.5. The molecule has 3 aliphatic rings. The zero-order valence-corrected chi connectivity index (χ0v) is 13.7. The smallest absolute Gasteiger partial charge is 0.323 e. The quantitative estimate of drug-likeness (QED) is 0.889. The van der Waals surface area contributed by atoms with Crippen molar-refractivity contribution in [3.05, 3.63) is 11.1 Å². The van der Waals surface area contributed by atoms with E-state index in [0.717, 1.165) is 17.5 Å². The van der Waals surface area contributed by atoms with Crippen molar-refractivity contribution < 1.29 is 14.7 Å². The maximum atomic E-state index is 12.2. The monoisotopic (exact) mass is 335 g/mol. The summed E-state index contributed by atoms with van der Waals surface area (Å²) in [7, 11) is 0. The highest BCUT2D eigenvalue weighted by atomic mass is 32.1. The van der Waals surface area contributed by atoms with Crippen LogP contribution in [0, 0.1) is 17.8 Å². The van der Waals surface area contributed by atoms with Crippen LogP contribution < -0.4 is 5.32 Å². The van der Waals surface area contributed by atoms with E-state index in [0.29, 0.717) is 24.0 Å². The van der Waals surface area contributed by atoms with Gasteiger partial charge in [-0.15, -0.1) is 11.3 Å². The van der Waals surface area contributed by atoms with Crippen LogP contribution in [0.2, 0.25) is 0 Å². The normalized spacial score (nSPS) is 32.4. The summed E-state index contributed by atoms with van der Waals surface area (Å²) in [4.78, 5) is 29.4. The van der Waals surface area contributed by atoms with Crippen molar-refractivity contribution >= 4 is 28.5 Å². The van der Waals surface area contributed by atoms with Crippen molar-refractivity contribution in [1.82, 2.24) is 9.88 Å². The van der Waals surface area contributed by atoms with Gasteiger partial charge in [0.05, 0.1) is 11.6 Å². The second-order valence-corrected chi connectivity index (χ2v) is 7.92. The van der Waals surface area contributed by atoms with E-state index in [1.165, 1.54) is 37.0 Å². The number of nitrogens with zero attached hydrogens (tertiary/aromatic N) is 2. The Morgan fingerprint density at radius 2 is 2.17 bits per heavy atom. The average Bonchev–Trinajstić information content (AvgIpc) is 3.29. The maximum Gasteiger partial charge on any atom is 0.323 e. The third-order valence-electron chi connectivity index (χ3n) is 5.68. The maximum absolute atomic E-state index is 12.2. The van der Waals surface area contributed by atoms with E-state index in [9.17, 15) is 9.59 Å². The van der Waals surface area contributed by atoms with Gasteiger partial charge in [0.15, 0.2) is 5.13 Å². The van der Waals surface area contributed by atoms with Gasteiger partial charge in [-0.2, -0.15) is 0 Å². The van der Waals surface area contributed by atoms with Crippen LogP contribution in [0.5, 0.6) is 0 Å². The number of likely N-dealkylation sites (tertiary alicyclic amines) is 1. The van der Waals surface area contributed by atoms with Gasteiger partial charge >= 0.3 is 12.0 Å². The van der Waals surface area contributed by atoms with Crippen LogP contribution in [0.3, 0.4) is 0 Å². The van der Waals surface area contributed by atoms with Gasteiger partial charge in [-0.3, -0.25) is 10.1 Å². The Bertz CT molecular complexity index is 632. The van der Waals surface area contributed by atoms with Crippen molar-refractivity contribution in [1.29, 1.82) is 0 Å². The molecule has 2 amide bonds. The molecule has 124 valence electrons. The Balaban J connectivity index is 1.36. The molecule has 1 saturated heterocycles. The summed E-state index contributed by atoms with van der Waals surface area (Å²) in [6.45, 7) is 0.777. The summed E-state index contributed by atoms with van der Waals surface area (Å²) in [5.74, 6) is 0.955. The Labute approximate surface area is 138 Å². The molecular formula is C16H21N3O3S. The van der Waals surface area contributed by atoms with E-state index in [2.05, 4.69) is 15.7 Å². The van der Waals surface area contributed by atoms with Crippen molar-refractivity contribution in [2.45, 2.75) is 38.0 Å². The summed E-state index contributed by atoms with van der Waals surface area (Å²) in [6, 6.07) is -0.234. The van der Waals surface area contributed by atoms with E-state index in [1.54, 1.807) is 4.90 Å². The van der Waals surface area contributed by atoms with Crippen LogP contribution in [-0.4, -0.2) is 40.1 Å². The van der Waals surface area contributed by atoms with Gasteiger partial charge in [-0.25, -0.2) is 9.78 Å². The number of amides is 2. The number of hydrogen-bond donors (Lipinski definition) is 2. The predicted molar refractivity (Wildman–Crippen MR) is 86.6 cm³/mol. The molecule has 0 radical (unpaired) electrons. The predicted octanol–water partition coefficient (Wildman–Crippen LogP) is 2.99. The standard InChI is InChI=1S/C16H21N3O3S/c20-14(21)11-3-4-19(7-11)16(22)18-15-17-13(8-23-15)12-6-9-1-2-10(12)5-9/h8-12H,1-7H2,(H,20,21)(H,17,18,22). The molecule has 2 aliphatic carbocycles. The lowest BCUT2D eigenvalue weighted by molar-refractivity contribution is -0.141. The molecule has 4 unspecified atom stereocenters. The third-order valence-corrected chi connectivity index (χ3v) is 6.45. The van der Waals surface area contributed by atoms with Crippen LogP contribution in [0.15, 0.2) is 5.38 Å². The molecule has 0 aromatic carbocycles. The molecule has 1 aromatic rings. The Kier molecular flexibility index (Phi) is 3.75. The summed E-state index contributed by atoms with van der Waals surface area (Å²) in [5.41, 5.74) is 1.13. The van der Waals surface area contributed by atoms with E-state index < -0.39 is 11.9 Å². The van der Waals surface area contributed by atoms with Crippen molar-refractivity contribution in [3.63, 3.8) is 0 Å². The molecule has 1 aliphatic heterocycles. The van der Waals surface area contributed by atoms with Crippen molar-refractivity contribution in [2.75, 3.05) is 18.4 Å². The highest BCUT2D eigenvalue weighted by Gasteiger charge is 2.41. The first-order valence-electron chi connectivity index (χ1n) is 8.34. The minimum absolute atomic E-state index is 0.234. The highest BCUT2D eigenvalue weighted by molar-refractivity contribution is 7.13. The molecule has 2 bridgehead atoms. The number of fused-ring (bicyclic) bond motifs is 2. The molecule has 4 atom stereocenters. The molecular weight excluding hydrogens is 314 g/mol. The summed E-state index contributed by atoms with van der Waals surface area (Å²) < 4.78 is 0. The molecule has 23 heavy (non-hydrogen) atoms. The van der Waals surface area contributed by atoms with Gasteiger partial charge in [0.25, 0.3) is 0 Å². The fourth-order valence-electron chi connectivity index (χ4n) is 4.44. The number of aromatic nitrogens is 1. The molecule has 2 heterocycles. The number of anilines is 1. The molecule has 6 nitrogen and oxygen atoms in total. The summed E-state index contributed by atoms with van der Waals surface area (Å²) >= 11 is 1.47. The van der Waals surface area contributed by atoms with Gasteiger partial charge < -0.3 is 10.0 Å². The zero-order valence-electron chi connectivity index (χ0n) is 12.9. The van der Waals surface area contributed by atoms with Crippen LogP contribution >= 0.6 is 11.3 Å². The Hall–Kier alpha value is -1.63. The van der Waals surface area contributed by atoms with Crippen LogP contribution in [0.4, 0.5) is 9.93 Å². The first kappa shape index (κ1) is 14.9. The zero-order chi connectivity index (χ0) is 16.0. The van der Waals surface area contributed by atoms with Crippen LogP contribution in [0.1, 0.15) is 43.7 Å². The number of hydrogen-bond acceptors (Lipinski definition) is 4. The minimum atomic E-state index is -0.826. The molecule has 4 rings (SSSR count). The minimum Gasteiger partial charge on any atom is -0.481 e. The second-order valence-electron chi connectivity index (χ2n) is 7.06. The largest absolute Gasteiger partial charge is 0.481 e. The average molecular weight is 335 g/mol. The topological polar surface area (TPSA) is 82.5 Å². The third kappa shape index (κ3) is 2.82. The molecule has 3 fully saturated rings. The summed E-state index contributed by atoms with van der Waals surface area (Å²) in [6.07, 6.45) is 5.80. The first-order valence-corrected chi connectivity index (χ1v) is 9.22. The van der Waals surface area contributed by atoms with Gasteiger partial charge in [0.2, 0.25) is 0 Å². The van der Waals surface area contributed by atoms with E-state index in [-0.39, 0.29) is 12.6 Å². The Morgan fingerprint density at radius 1 is 1.30 bits per heavy atom. The van der Waals surface area contributed by atoms with E-state index in [4.69, 9.17) is 5.11 Å². The lowest BCUT2D eigenvalue weighted by atomic mass is 9.87. The second kappa shape index (κ2) is 5.78. The van der Waals surface area contributed by atoms with Crippen molar-refractivity contribution in [3.8, 4) is 0 Å². The van der Waals surface area contributed by atoms with Gasteiger partial charge in [-0.05, 0) is 37.5 Å². The fourth-order valence-corrected chi connectivity index (χ4v) is 5.20. The van der Waals surface area contributed by atoms with Gasteiger partial charge in [0, 0.05) is 24.4 Å². The first-order chi connectivity index (χ1) is 11.1. The lowest BCUT2D eigenvalue weighted by Crippen LogP contribution is -2.33.